The number of fused-ring (bicyclic) bond motifs is 3. The zero-order valence-electron chi connectivity index (χ0n) is 18.9. The monoisotopic (exact) mass is 489 g/mol. The minimum absolute atomic E-state index is 0.162. The molecule has 0 bridgehead atoms. The Morgan fingerprint density at radius 3 is 2.71 bits per heavy atom. The van der Waals surface area contributed by atoms with Crippen LogP contribution in [0.3, 0.4) is 0 Å². The molecular weight excluding hydrogens is 466 g/mol. The molecule has 5 rings (SSSR count). The second kappa shape index (κ2) is 9.94. The van der Waals surface area contributed by atoms with Crippen molar-refractivity contribution in [2.45, 2.75) is 32.0 Å². The van der Waals surface area contributed by atoms with Crippen LogP contribution in [0.25, 0.3) is 22.1 Å². The van der Waals surface area contributed by atoms with Crippen molar-refractivity contribution in [3.8, 4) is 0 Å². The predicted octanol–water partition coefficient (Wildman–Crippen LogP) is 4.41. The van der Waals surface area contributed by atoms with Crippen molar-refractivity contribution < 1.29 is 4.79 Å². The van der Waals surface area contributed by atoms with Gasteiger partial charge in [0.1, 0.15) is 5.52 Å². The van der Waals surface area contributed by atoms with Crippen molar-refractivity contribution in [3.63, 3.8) is 0 Å². The quantitative estimate of drug-likeness (QED) is 0.403. The summed E-state index contributed by atoms with van der Waals surface area (Å²) in [5.41, 5.74) is 5.82. The van der Waals surface area contributed by atoms with E-state index in [4.69, 9.17) is 4.98 Å². The van der Waals surface area contributed by atoms with Gasteiger partial charge in [0.2, 0.25) is 11.1 Å². The highest BCUT2D eigenvalue weighted by atomic mass is 32.2. The van der Waals surface area contributed by atoms with Crippen LogP contribution in [0, 0.1) is 6.92 Å². The Kier molecular flexibility index (Phi) is 6.59. The summed E-state index contributed by atoms with van der Waals surface area (Å²) in [6.45, 7) is 5.03. The first kappa shape index (κ1) is 22.5. The Labute approximate surface area is 205 Å². The first-order valence-electron chi connectivity index (χ1n) is 11.0. The van der Waals surface area contributed by atoms with Crippen molar-refractivity contribution in [2.75, 3.05) is 11.5 Å². The molecule has 4 aromatic rings. The van der Waals surface area contributed by atoms with E-state index in [0.29, 0.717) is 16.1 Å². The molecule has 172 valence electrons. The van der Waals surface area contributed by atoms with Crippen molar-refractivity contribution in [2.24, 2.45) is 10.2 Å². The molecule has 1 amide bonds. The highest BCUT2D eigenvalue weighted by Gasteiger charge is 2.17. The molecule has 1 N–H and O–H groups in total. The predicted molar refractivity (Wildman–Crippen MR) is 140 cm³/mol. The third-order valence-electron chi connectivity index (χ3n) is 5.37. The molecule has 34 heavy (non-hydrogen) atoms. The first-order chi connectivity index (χ1) is 16.6. The van der Waals surface area contributed by atoms with Crippen LogP contribution in [0.2, 0.25) is 0 Å². The van der Waals surface area contributed by atoms with Crippen molar-refractivity contribution >= 4 is 62.4 Å². The van der Waals surface area contributed by atoms with Gasteiger partial charge in [-0.2, -0.15) is 5.10 Å². The zero-order valence-corrected chi connectivity index (χ0v) is 20.5. The second-order valence-corrected chi connectivity index (χ2v) is 9.79. The number of carbonyl (C=O) groups excluding carboxylic acids is 1. The molecule has 2 aromatic carbocycles. The number of hydrogen-bond donors (Lipinski definition) is 1. The lowest BCUT2D eigenvalue weighted by Gasteiger charge is -2.12. The lowest BCUT2D eigenvalue weighted by molar-refractivity contribution is -0.117. The number of thioether (sulfide) groups is 2. The van der Waals surface area contributed by atoms with E-state index in [1.165, 1.54) is 29.1 Å². The number of rotatable bonds is 6. The minimum atomic E-state index is -0.178. The Morgan fingerprint density at radius 1 is 1.12 bits per heavy atom. The number of nitrogens with one attached hydrogen (secondary N) is 1. The summed E-state index contributed by atoms with van der Waals surface area (Å²) in [6.07, 6.45) is 0.983. The zero-order chi connectivity index (χ0) is 23.5. The van der Waals surface area contributed by atoms with Gasteiger partial charge in [-0.3, -0.25) is 4.79 Å². The molecule has 0 spiro atoms. The highest BCUT2D eigenvalue weighted by molar-refractivity contribution is 8.14. The Balaban J connectivity index is 1.26. The van der Waals surface area contributed by atoms with Gasteiger partial charge in [0.25, 0.3) is 0 Å². The fraction of sp³-hybridized carbons (Fsp3) is 0.250. The molecule has 0 fully saturated rings. The van der Waals surface area contributed by atoms with E-state index in [0.717, 1.165) is 46.3 Å². The molecule has 8 nitrogen and oxygen atoms in total. The van der Waals surface area contributed by atoms with Gasteiger partial charge in [0, 0.05) is 17.7 Å². The maximum Gasteiger partial charge on any atom is 0.236 e. The molecule has 1 aliphatic heterocycles. The summed E-state index contributed by atoms with van der Waals surface area (Å²) >= 11 is 2.72. The SMILES string of the molecule is CCCn1c2ccccc2c2nnc(SCC(=O)NC3=NN=C(c4ccc(C)cc4)CS3)nc21. The minimum Gasteiger partial charge on any atom is -0.324 e. The first-order valence-corrected chi connectivity index (χ1v) is 13.0. The molecule has 0 aliphatic carbocycles. The van der Waals surface area contributed by atoms with Crippen LogP contribution >= 0.6 is 23.5 Å². The average molecular weight is 490 g/mol. The lowest BCUT2D eigenvalue weighted by atomic mass is 10.1. The smallest absolute Gasteiger partial charge is 0.236 e. The standard InChI is InChI=1S/C24H23N7OS2/c1-3-12-31-19-7-5-4-6-17(19)21-22(31)26-24(30-28-21)34-14-20(32)25-23-29-27-18(13-33-23)16-10-8-15(2)9-11-16/h4-11H,3,12-14H2,1-2H3,(H,25,29,32). The number of nitrogens with zero attached hydrogens (tertiary/aromatic N) is 6. The normalized spacial score (nSPS) is 13.7. The molecular formula is C24H23N7OS2. The summed E-state index contributed by atoms with van der Waals surface area (Å²) in [6, 6.07) is 16.3. The fourth-order valence-electron chi connectivity index (χ4n) is 3.73. The summed E-state index contributed by atoms with van der Waals surface area (Å²) in [7, 11) is 0. The number of amidine groups is 1. The van der Waals surface area contributed by atoms with Crippen molar-refractivity contribution in [1.82, 2.24) is 25.1 Å². The molecule has 0 atom stereocenters. The number of amides is 1. The van der Waals surface area contributed by atoms with Gasteiger partial charge in [-0.05, 0) is 25.0 Å². The van der Waals surface area contributed by atoms with Gasteiger partial charge in [-0.15, -0.1) is 15.3 Å². The number of aromatic nitrogens is 4. The van der Waals surface area contributed by atoms with Crippen LogP contribution in [-0.4, -0.2) is 48.0 Å². The molecule has 0 saturated heterocycles. The van der Waals surface area contributed by atoms with Crippen molar-refractivity contribution in [3.05, 3.63) is 59.7 Å². The number of para-hydroxylation sites is 1. The van der Waals surface area contributed by atoms with Crippen LogP contribution in [-0.2, 0) is 11.3 Å². The number of benzene rings is 2. The number of carbonyl (C=O) groups is 1. The fourth-order valence-corrected chi connectivity index (χ4v) is 5.10. The molecule has 0 radical (unpaired) electrons. The van der Waals surface area contributed by atoms with Crippen LogP contribution in [0.5, 0.6) is 0 Å². The summed E-state index contributed by atoms with van der Waals surface area (Å²) < 4.78 is 2.17. The van der Waals surface area contributed by atoms with E-state index >= 15 is 0 Å². The van der Waals surface area contributed by atoms with Crippen LogP contribution in [0.4, 0.5) is 0 Å². The van der Waals surface area contributed by atoms with E-state index in [2.05, 4.69) is 62.3 Å². The highest BCUT2D eigenvalue weighted by Crippen LogP contribution is 2.27. The van der Waals surface area contributed by atoms with E-state index in [9.17, 15) is 4.79 Å². The molecule has 0 unspecified atom stereocenters. The van der Waals surface area contributed by atoms with Crippen LogP contribution < -0.4 is 5.32 Å². The number of hydrogen-bond acceptors (Lipinski definition) is 8. The molecule has 2 aromatic heterocycles. The van der Waals surface area contributed by atoms with E-state index in [1.54, 1.807) is 0 Å². The van der Waals surface area contributed by atoms with Gasteiger partial charge in [0.15, 0.2) is 10.8 Å². The Morgan fingerprint density at radius 2 is 1.94 bits per heavy atom. The summed E-state index contributed by atoms with van der Waals surface area (Å²) in [5, 5.41) is 22.0. The van der Waals surface area contributed by atoms with Crippen LogP contribution in [0.15, 0.2) is 63.9 Å². The third-order valence-corrected chi connectivity index (χ3v) is 7.08. The third kappa shape index (κ3) is 4.69. The molecule has 0 saturated carbocycles. The Bertz CT molecular complexity index is 1430. The lowest BCUT2D eigenvalue weighted by Crippen LogP contribution is -2.31. The van der Waals surface area contributed by atoms with Crippen LogP contribution in [0.1, 0.15) is 24.5 Å². The maximum atomic E-state index is 12.5. The van der Waals surface area contributed by atoms with Gasteiger partial charge in [-0.25, -0.2) is 4.98 Å². The number of aryl methyl sites for hydroxylation is 2. The second-order valence-electron chi connectivity index (χ2n) is 7.88. The van der Waals surface area contributed by atoms with E-state index in [-0.39, 0.29) is 11.7 Å². The maximum absolute atomic E-state index is 12.5. The molecule has 1 aliphatic rings. The van der Waals surface area contributed by atoms with Crippen molar-refractivity contribution in [1.29, 1.82) is 0 Å². The molecule has 10 heteroatoms. The Hall–Kier alpha value is -3.24. The van der Waals surface area contributed by atoms with Gasteiger partial charge in [0.05, 0.1) is 17.0 Å². The van der Waals surface area contributed by atoms with Gasteiger partial charge >= 0.3 is 0 Å². The molecule has 3 heterocycles. The summed E-state index contributed by atoms with van der Waals surface area (Å²) in [5.74, 6) is 0.638. The summed E-state index contributed by atoms with van der Waals surface area (Å²) in [4.78, 5) is 17.2. The van der Waals surface area contributed by atoms with E-state index < -0.39 is 0 Å². The van der Waals surface area contributed by atoms with E-state index in [1.807, 2.05) is 30.3 Å². The largest absolute Gasteiger partial charge is 0.324 e. The average Bonchev–Trinajstić information content (AvgIpc) is 3.17. The topological polar surface area (TPSA) is 97.4 Å². The van der Waals surface area contributed by atoms with Gasteiger partial charge in [-0.1, -0.05) is 78.5 Å². The van der Waals surface area contributed by atoms with Gasteiger partial charge < -0.3 is 9.88 Å².